The third kappa shape index (κ3) is 3.79. The van der Waals surface area contributed by atoms with Gasteiger partial charge in [0.15, 0.2) is 0 Å². The van der Waals surface area contributed by atoms with E-state index in [1.165, 1.54) is 37.8 Å². The SMILES string of the molecule is CC(C)N(CC(=O)NC(C1CC1)C1CC1)c1ccc(F)cc1. The number of carbonyl (C=O) groups is 1. The van der Waals surface area contributed by atoms with Crippen molar-refractivity contribution in [2.24, 2.45) is 11.8 Å². The summed E-state index contributed by atoms with van der Waals surface area (Å²) in [4.78, 5) is 14.5. The van der Waals surface area contributed by atoms with Crippen LogP contribution in [-0.2, 0) is 4.79 Å². The predicted octanol–water partition coefficient (Wildman–Crippen LogP) is 3.35. The summed E-state index contributed by atoms with van der Waals surface area (Å²) in [5, 5.41) is 3.25. The van der Waals surface area contributed by atoms with Gasteiger partial charge in [-0.15, -0.1) is 0 Å². The van der Waals surface area contributed by atoms with Crippen molar-refractivity contribution < 1.29 is 9.18 Å². The Morgan fingerprint density at radius 2 is 1.73 bits per heavy atom. The van der Waals surface area contributed by atoms with Crippen LogP contribution >= 0.6 is 0 Å². The molecule has 1 N–H and O–H groups in total. The summed E-state index contributed by atoms with van der Waals surface area (Å²) in [6.07, 6.45) is 5.03. The van der Waals surface area contributed by atoms with Crippen molar-refractivity contribution >= 4 is 11.6 Å². The number of benzene rings is 1. The van der Waals surface area contributed by atoms with Gasteiger partial charge in [0, 0.05) is 17.8 Å². The van der Waals surface area contributed by atoms with Crippen molar-refractivity contribution in [1.29, 1.82) is 0 Å². The van der Waals surface area contributed by atoms with E-state index in [-0.39, 0.29) is 17.8 Å². The molecule has 0 aliphatic heterocycles. The fourth-order valence-electron chi connectivity index (χ4n) is 3.12. The lowest BCUT2D eigenvalue weighted by Crippen LogP contribution is -2.46. The molecule has 2 fully saturated rings. The highest BCUT2D eigenvalue weighted by Gasteiger charge is 2.42. The number of hydrogen-bond acceptors (Lipinski definition) is 2. The molecule has 2 saturated carbocycles. The highest BCUT2D eigenvalue weighted by Crippen LogP contribution is 2.44. The second-order valence-electron chi connectivity index (χ2n) is 6.97. The third-order valence-corrected chi connectivity index (χ3v) is 4.68. The molecule has 4 heteroatoms. The molecule has 0 atom stereocenters. The maximum atomic E-state index is 13.1. The molecule has 1 aromatic carbocycles. The molecular formula is C18H25FN2O. The lowest BCUT2D eigenvalue weighted by Gasteiger charge is -2.29. The van der Waals surface area contributed by atoms with E-state index in [0.29, 0.717) is 24.4 Å². The van der Waals surface area contributed by atoms with Gasteiger partial charge in [0.2, 0.25) is 5.91 Å². The van der Waals surface area contributed by atoms with Crippen molar-refractivity contribution in [3.63, 3.8) is 0 Å². The largest absolute Gasteiger partial charge is 0.360 e. The molecule has 22 heavy (non-hydrogen) atoms. The molecule has 0 radical (unpaired) electrons. The lowest BCUT2D eigenvalue weighted by atomic mass is 10.1. The zero-order valence-corrected chi connectivity index (χ0v) is 13.4. The van der Waals surface area contributed by atoms with E-state index in [0.717, 1.165) is 5.69 Å². The highest BCUT2D eigenvalue weighted by atomic mass is 19.1. The minimum atomic E-state index is -0.251. The van der Waals surface area contributed by atoms with Crippen LogP contribution in [-0.4, -0.2) is 24.5 Å². The van der Waals surface area contributed by atoms with Gasteiger partial charge in [-0.1, -0.05) is 0 Å². The molecule has 0 unspecified atom stereocenters. The first-order valence-corrected chi connectivity index (χ1v) is 8.36. The maximum absolute atomic E-state index is 13.1. The number of halogens is 1. The first kappa shape index (κ1) is 15.3. The van der Waals surface area contributed by atoms with Gasteiger partial charge in [0.05, 0.1) is 6.54 Å². The van der Waals surface area contributed by atoms with Crippen molar-refractivity contribution in [3.05, 3.63) is 30.1 Å². The van der Waals surface area contributed by atoms with Gasteiger partial charge in [-0.2, -0.15) is 0 Å². The Morgan fingerprint density at radius 1 is 1.18 bits per heavy atom. The van der Waals surface area contributed by atoms with E-state index in [4.69, 9.17) is 0 Å². The normalized spacial score (nSPS) is 17.9. The van der Waals surface area contributed by atoms with Gasteiger partial charge in [-0.25, -0.2) is 4.39 Å². The predicted molar refractivity (Wildman–Crippen MR) is 86.3 cm³/mol. The summed E-state index contributed by atoms with van der Waals surface area (Å²) in [5.41, 5.74) is 0.890. The van der Waals surface area contributed by atoms with E-state index in [1.54, 1.807) is 12.1 Å². The number of nitrogens with one attached hydrogen (secondary N) is 1. The van der Waals surface area contributed by atoms with Gasteiger partial charge in [-0.3, -0.25) is 4.79 Å². The van der Waals surface area contributed by atoms with E-state index in [2.05, 4.69) is 19.2 Å². The second kappa shape index (κ2) is 6.27. The molecule has 120 valence electrons. The van der Waals surface area contributed by atoms with Crippen molar-refractivity contribution in [1.82, 2.24) is 5.32 Å². The first-order valence-electron chi connectivity index (χ1n) is 8.36. The van der Waals surface area contributed by atoms with Gasteiger partial charge < -0.3 is 10.2 Å². The monoisotopic (exact) mass is 304 g/mol. The van der Waals surface area contributed by atoms with Gasteiger partial charge in [-0.05, 0) is 75.6 Å². The van der Waals surface area contributed by atoms with Gasteiger partial charge in [0.25, 0.3) is 0 Å². The van der Waals surface area contributed by atoms with Gasteiger partial charge >= 0.3 is 0 Å². The fraction of sp³-hybridized carbons (Fsp3) is 0.611. The minimum Gasteiger partial charge on any atom is -0.360 e. The summed E-state index contributed by atoms with van der Waals surface area (Å²) in [5.74, 6) is 1.24. The van der Waals surface area contributed by atoms with Crippen LogP contribution in [0.4, 0.5) is 10.1 Å². The molecular weight excluding hydrogens is 279 g/mol. The summed E-state index contributed by atoms with van der Waals surface area (Å²) in [7, 11) is 0. The Bertz CT molecular complexity index is 508. The zero-order valence-electron chi connectivity index (χ0n) is 13.4. The molecule has 2 aliphatic carbocycles. The highest BCUT2D eigenvalue weighted by molar-refractivity contribution is 5.82. The minimum absolute atomic E-state index is 0.0850. The second-order valence-corrected chi connectivity index (χ2v) is 6.97. The number of hydrogen-bond donors (Lipinski definition) is 1. The Balaban J connectivity index is 1.62. The zero-order chi connectivity index (χ0) is 15.7. The molecule has 0 spiro atoms. The van der Waals surface area contributed by atoms with E-state index >= 15 is 0 Å². The molecule has 2 aliphatic rings. The van der Waals surface area contributed by atoms with Crippen LogP contribution in [0.25, 0.3) is 0 Å². The standard InChI is InChI=1S/C18H25FN2O/c1-12(2)21(16-9-7-15(19)8-10-16)11-17(22)20-18(13-3-4-13)14-5-6-14/h7-10,12-14,18H,3-6,11H2,1-2H3,(H,20,22). The molecule has 0 aromatic heterocycles. The number of amides is 1. The van der Waals surface area contributed by atoms with Crippen LogP contribution in [0.1, 0.15) is 39.5 Å². The van der Waals surface area contributed by atoms with Crippen molar-refractivity contribution in [3.8, 4) is 0 Å². The summed E-state index contributed by atoms with van der Waals surface area (Å²) < 4.78 is 13.1. The third-order valence-electron chi connectivity index (χ3n) is 4.68. The van der Waals surface area contributed by atoms with Crippen LogP contribution < -0.4 is 10.2 Å². The Hall–Kier alpha value is -1.58. The molecule has 0 bridgehead atoms. The average molecular weight is 304 g/mol. The maximum Gasteiger partial charge on any atom is 0.239 e. The van der Waals surface area contributed by atoms with Crippen molar-refractivity contribution in [2.45, 2.75) is 51.6 Å². The fourth-order valence-corrected chi connectivity index (χ4v) is 3.12. The number of nitrogens with zero attached hydrogens (tertiary/aromatic N) is 1. The van der Waals surface area contributed by atoms with Crippen LogP contribution in [0.15, 0.2) is 24.3 Å². The van der Waals surface area contributed by atoms with Gasteiger partial charge in [0.1, 0.15) is 5.82 Å². The smallest absolute Gasteiger partial charge is 0.239 e. The van der Waals surface area contributed by atoms with Crippen LogP contribution in [0, 0.1) is 17.7 Å². The number of carbonyl (C=O) groups excluding carboxylic acids is 1. The summed E-state index contributed by atoms with van der Waals surface area (Å²) >= 11 is 0. The molecule has 3 rings (SSSR count). The van der Waals surface area contributed by atoms with E-state index in [1.807, 2.05) is 4.90 Å². The number of anilines is 1. The Kier molecular flexibility index (Phi) is 4.37. The topological polar surface area (TPSA) is 32.3 Å². The van der Waals surface area contributed by atoms with Crippen LogP contribution in [0.2, 0.25) is 0 Å². The molecule has 3 nitrogen and oxygen atoms in total. The molecule has 1 amide bonds. The molecule has 0 heterocycles. The Labute approximate surface area is 131 Å². The molecule has 1 aromatic rings. The van der Waals surface area contributed by atoms with E-state index in [9.17, 15) is 9.18 Å². The lowest BCUT2D eigenvalue weighted by molar-refractivity contribution is -0.120. The van der Waals surface area contributed by atoms with Crippen molar-refractivity contribution in [2.75, 3.05) is 11.4 Å². The van der Waals surface area contributed by atoms with Crippen LogP contribution in [0.5, 0.6) is 0 Å². The average Bonchev–Trinajstić information content (AvgIpc) is 3.37. The van der Waals surface area contributed by atoms with E-state index < -0.39 is 0 Å². The quantitative estimate of drug-likeness (QED) is 0.838. The summed E-state index contributed by atoms with van der Waals surface area (Å²) in [6.45, 7) is 4.44. The van der Waals surface area contributed by atoms with Crippen LogP contribution in [0.3, 0.4) is 0 Å². The molecule has 0 saturated heterocycles. The first-order chi connectivity index (χ1) is 10.5. The number of rotatable bonds is 7. The Morgan fingerprint density at radius 3 is 2.18 bits per heavy atom. The summed E-state index contributed by atoms with van der Waals surface area (Å²) in [6, 6.07) is 6.94.